The first-order chi connectivity index (χ1) is 6.27. The largest absolute Gasteiger partial charge is 0.381 e. The number of hydrogen-bond donors (Lipinski definition) is 0. The molecule has 0 aromatic rings. The lowest BCUT2D eigenvalue weighted by Gasteiger charge is -2.21. The molecule has 1 fully saturated rings. The van der Waals surface area contributed by atoms with E-state index in [0.717, 1.165) is 32.7 Å². The van der Waals surface area contributed by atoms with Crippen LogP contribution in [0.2, 0.25) is 0 Å². The molecular weight excluding hydrogens is 166 g/mol. The Morgan fingerprint density at radius 2 is 2.54 bits per heavy atom. The van der Waals surface area contributed by atoms with Gasteiger partial charge in [-0.3, -0.25) is 4.79 Å². The second-order valence-corrected chi connectivity index (χ2v) is 3.31. The highest BCUT2D eigenvalue weighted by Crippen LogP contribution is 2.13. The summed E-state index contributed by atoms with van der Waals surface area (Å²) in [7, 11) is 0. The van der Waals surface area contributed by atoms with Crippen LogP contribution in [-0.2, 0) is 9.53 Å². The van der Waals surface area contributed by atoms with Gasteiger partial charge in [0.05, 0.1) is 6.61 Å². The molecule has 13 heavy (non-hydrogen) atoms. The van der Waals surface area contributed by atoms with Crippen LogP contribution in [0.1, 0.15) is 13.3 Å². The Hall–Kier alpha value is -0.830. The van der Waals surface area contributed by atoms with E-state index in [1.165, 1.54) is 6.08 Å². The molecule has 74 valence electrons. The predicted octanol–water partition coefficient (Wildman–Crippen LogP) is 1.06. The van der Waals surface area contributed by atoms with E-state index in [-0.39, 0.29) is 5.91 Å². The van der Waals surface area contributed by atoms with Crippen molar-refractivity contribution in [2.24, 2.45) is 5.92 Å². The first-order valence-corrected chi connectivity index (χ1v) is 4.77. The highest BCUT2D eigenvalue weighted by molar-refractivity contribution is 5.86. The van der Waals surface area contributed by atoms with E-state index >= 15 is 0 Å². The minimum Gasteiger partial charge on any atom is -0.381 e. The maximum atomic E-state index is 11.3. The minimum atomic E-state index is 0.0226. The highest BCUT2D eigenvalue weighted by Gasteiger charge is 2.19. The smallest absolute Gasteiger partial charge is 0.245 e. The summed E-state index contributed by atoms with van der Waals surface area (Å²) < 4.78 is 5.25. The van der Waals surface area contributed by atoms with Crippen LogP contribution < -0.4 is 0 Å². The van der Waals surface area contributed by atoms with Crippen molar-refractivity contribution in [2.45, 2.75) is 13.3 Å². The molecule has 0 aromatic heterocycles. The zero-order valence-corrected chi connectivity index (χ0v) is 8.16. The van der Waals surface area contributed by atoms with Crippen molar-refractivity contribution >= 4 is 5.91 Å². The molecule has 0 aromatic carbocycles. The number of amides is 1. The standard InChI is InChI=1S/C10H17NO2/c1-3-10(12)11(4-2)7-9-5-6-13-8-9/h3,9H,1,4-8H2,2H3. The summed E-state index contributed by atoms with van der Waals surface area (Å²) in [4.78, 5) is 13.1. The van der Waals surface area contributed by atoms with Crippen LogP contribution in [0.25, 0.3) is 0 Å². The summed E-state index contributed by atoms with van der Waals surface area (Å²) in [6.45, 7) is 8.65. The molecule has 1 rings (SSSR count). The fourth-order valence-corrected chi connectivity index (χ4v) is 1.54. The van der Waals surface area contributed by atoms with Crippen LogP contribution in [0.4, 0.5) is 0 Å². The molecule has 1 saturated heterocycles. The summed E-state index contributed by atoms with van der Waals surface area (Å²) in [5, 5.41) is 0. The molecule has 1 unspecified atom stereocenters. The molecule has 0 saturated carbocycles. The summed E-state index contributed by atoms with van der Waals surface area (Å²) in [5.74, 6) is 0.540. The van der Waals surface area contributed by atoms with Gasteiger partial charge in [0.25, 0.3) is 0 Å². The fraction of sp³-hybridized carbons (Fsp3) is 0.700. The Morgan fingerprint density at radius 1 is 1.77 bits per heavy atom. The third-order valence-electron chi connectivity index (χ3n) is 2.37. The topological polar surface area (TPSA) is 29.5 Å². The summed E-state index contributed by atoms with van der Waals surface area (Å²) in [5.41, 5.74) is 0. The van der Waals surface area contributed by atoms with Crippen LogP contribution in [0.5, 0.6) is 0 Å². The summed E-state index contributed by atoms with van der Waals surface area (Å²) in [6.07, 6.45) is 2.44. The molecule has 1 atom stereocenters. The predicted molar refractivity (Wildman–Crippen MR) is 51.4 cm³/mol. The lowest BCUT2D eigenvalue weighted by Crippen LogP contribution is -2.34. The molecule has 0 spiro atoms. The maximum absolute atomic E-state index is 11.3. The SMILES string of the molecule is C=CC(=O)N(CC)CC1CCOC1. The van der Waals surface area contributed by atoms with Crippen molar-refractivity contribution in [2.75, 3.05) is 26.3 Å². The number of carbonyl (C=O) groups excluding carboxylic acids is 1. The fourth-order valence-electron chi connectivity index (χ4n) is 1.54. The van der Waals surface area contributed by atoms with Crippen LogP contribution in [0.15, 0.2) is 12.7 Å². The Bertz CT molecular complexity index is 185. The van der Waals surface area contributed by atoms with Gasteiger partial charge in [-0.15, -0.1) is 0 Å². The summed E-state index contributed by atoms with van der Waals surface area (Å²) in [6, 6.07) is 0. The van der Waals surface area contributed by atoms with Gasteiger partial charge in [-0.2, -0.15) is 0 Å². The van der Waals surface area contributed by atoms with Gasteiger partial charge in [0.2, 0.25) is 5.91 Å². The average molecular weight is 183 g/mol. The molecule has 0 N–H and O–H groups in total. The van der Waals surface area contributed by atoms with Crippen LogP contribution in [-0.4, -0.2) is 37.1 Å². The average Bonchev–Trinajstić information content (AvgIpc) is 2.65. The Morgan fingerprint density at radius 3 is 3.00 bits per heavy atom. The number of hydrogen-bond acceptors (Lipinski definition) is 2. The van der Waals surface area contributed by atoms with Gasteiger partial charge in [0.15, 0.2) is 0 Å². The summed E-state index contributed by atoms with van der Waals surface area (Å²) >= 11 is 0. The van der Waals surface area contributed by atoms with Crippen molar-refractivity contribution < 1.29 is 9.53 Å². The third kappa shape index (κ3) is 2.84. The molecule has 0 bridgehead atoms. The Kier molecular flexibility index (Phi) is 3.96. The Balaban J connectivity index is 2.38. The molecule has 0 aliphatic carbocycles. The lowest BCUT2D eigenvalue weighted by atomic mass is 10.1. The number of likely N-dealkylation sites (N-methyl/N-ethyl adjacent to an activating group) is 1. The highest BCUT2D eigenvalue weighted by atomic mass is 16.5. The van der Waals surface area contributed by atoms with E-state index in [4.69, 9.17) is 4.74 Å². The van der Waals surface area contributed by atoms with Gasteiger partial charge in [-0.1, -0.05) is 6.58 Å². The van der Waals surface area contributed by atoms with Crippen LogP contribution >= 0.6 is 0 Å². The van der Waals surface area contributed by atoms with E-state index in [9.17, 15) is 4.79 Å². The van der Waals surface area contributed by atoms with Gasteiger partial charge in [-0.25, -0.2) is 0 Å². The quantitative estimate of drug-likeness (QED) is 0.610. The van der Waals surface area contributed by atoms with Crippen molar-refractivity contribution in [3.05, 3.63) is 12.7 Å². The van der Waals surface area contributed by atoms with Gasteiger partial charge in [-0.05, 0) is 19.4 Å². The van der Waals surface area contributed by atoms with Crippen molar-refractivity contribution in [1.82, 2.24) is 4.90 Å². The normalized spacial score (nSPS) is 21.5. The van der Waals surface area contributed by atoms with Crippen molar-refractivity contribution in [1.29, 1.82) is 0 Å². The van der Waals surface area contributed by atoms with E-state index in [0.29, 0.717) is 5.92 Å². The molecule has 3 nitrogen and oxygen atoms in total. The second-order valence-electron chi connectivity index (χ2n) is 3.31. The first-order valence-electron chi connectivity index (χ1n) is 4.77. The zero-order chi connectivity index (χ0) is 9.68. The Labute approximate surface area is 79.4 Å². The number of nitrogens with zero attached hydrogens (tertiary/aromatic N) is 1. The maximum Gasteiger partial charge on any atom is 0.245 e. The second kappa shape index (κ2) is 5.02. The van der Waals surface area contributed by atoms with Gasteiger partial charge in [0.1, 0.15) is 0 Å². The van der Waals surface area contributed by atoms with Crippen molar-refractivity contribution in [3.8, 4) is 0 Å². The third-order valence-corrected chi connectivity index (χ3v) is 2.37. The molecule has 1 heterocycles. The van der Waals surface area contributed by atoms with E-state index in [2.05, 4.69) is 6.58 Å². The van der Waals surface area contributed by atoms with E-state index in [1.54, 1.807) is 0 Å². The molecule has 1 aliphatic rings. The molecular formula is C10H17NO2. The molecule has 0 radical (unpaired) electrons. The lowest BCUT2D eigenvalue weighted by molar-refractivity contribution is -0.126. The van der Waals surface area contributed by atoms with Crippen LogP contribution in [0.3, 0.4) is 0 Å². The first kappa shape index (κ1) is 10.3. The van der Waals surface area contributed by atoms with E-state index < -0.39 is 0 Å². The molecule has 1 aliphatic heterocycles. The van der Waals surface area contributed by atoms with Crippen LogP contribution in [0, 0.1) is 5.92 Å². The zero-order valence-electron chi connectivity index (χ0n) is 8.16. The number of ether oxygens (including phenoxy) is 1. The molecule has 1 amide bonds. The molecule has 3 heteroatoms. The number of carbonyl (C=O) groups is 1. The van der Waals surface area contributed by atoms with Crippen molar-refractivity contribution in [3.63, 3.8) is 0 Å². The van der Waals surface area contributed by atoms with Gasteiger partial charge < -0.3 is 9.64 Å². The monoisotopic (exact) mass is 183 g/mol. The van der Waals surface area contributed by atoms with E-state index in [1.807, 2.05) is 11.8 Å². The van der Waals surface area contributed by atoms with Gasteiger partial charge >= 0.3 is 0 Å². The number of rotatable bonds is 4. The minimum absolute atomic E-state index is 0.0226. The van der Waals surface area contributed by atoms with Gasteiger partial charge in [0, 0.05) is 25.6 Å².